The number of benzene rings is 1. The summed E-state index contributed by atoms with van der Waals surface area (Å²) in [7, 11) is 1.69. The lowest BCUT2D eigenvalue weighted by Crippen LogP contribution is -2.40. The molecule has 2 heterocycles. The highest BCUT2D eigenvalue weighted by molar-refractivity contribution is 5.78. The zero-order chi connectivity index (χ0) is 16.8. The first-order valence-corrected chi connectivity index (χ1v) is 9.01. The summed E-state index contributed by atoms with van der Waals surface area (Å²) in [5, 5.41) is 3.19. The Bertz CT molecular complexity index is 537. The molecule has 0 bridgehead atoms. The van der Waals surface area contributed by atoms with E-state index in [4.69, 9.17) is 9.47 Å². The number of nitrogens with one attached hydrogen (secondary N) is 1. The molecule has 1 aromatic rings. The van der Waals surface area contributed by atoms with Gasteiger partial charge in [0.25, 0.3) is 0 Å². The van der Waals surface area contributed by atoms with Crippen molar-refractivity contribution in [3.05, 3.63) is 29.8 Å². The maximum Gasteiger partial charge on any atom is 0.223 e. The molecule has 1 amide bonds. The molecule has 2 aliphatic heterocycles. The molecule has 0 aromatic heterocycles. The Kier molecular flexibility index (Phi) is 6.10. The molecule has 0 saturated carbocycles. The first kappa shape index (κ1) is 17.2. The molecule has 24 heavy (non-hydrogen) atoms. The standard InChI is InChI=1S/C19H28N2O3/c1-23-17-6-4-5-16(13-17)18(21-9-2-3-10-21)14-20-19(22)15-7-11-24-12-8-15/h4-6,13,15,18H,2-3,7-12,14H2,1H3,(H,20,22). The molecule has 1 aromatic carbocycles. The van der Waals surface area contributed by atoms with Gasteiger partial charge in [0.05, 0.1) is 13.2 Å². The number of hydrogen-bond donors (Lipinski definition) is 1. The van der Waals surface area contributed by atoms with Gasteiger partial charge in [-0.25, -0.2) is 0 Å². The third kappa shape index (κ3) is 4.28. The van der Waals surface area contributed by atoms with Crippen LogP contribution in [0.4, 0.5) is 0 Å². The van der Waals surface area contributed by atoms with Crippen molar-refractivity contribution in [1.29, 1.82) is 0 Å². The van der Waals surface area contributed by atoms with Crippen molar-refractivity contribution in [2.24, 2.45) is 5.92 Å². The lowest BCUT2D eigenvalue weighted by Gasteiger charge is -2.29. The van der Waals surface area contributed by atoms with Crippen molar-refractivity contribution >= 4 is 5.91 Å². The van der Waals surface area contributed by atoms with Crippen LogP contribution in [0.3, 0.4) is 0 Å². The molecule has 3 rings (SSSR count). The smallest absolute Gasteiger partial charge is 0.223 e. The lowest BCUT2D eigenvalue weighted by molar-refractivity contribution is -0.128. The highest BCUT2D eigenvalue weighted by Crippen LogP contribution is 2.27. The molecule has 0 radical (unpaired) electrons. The average Bonchev–Trinajstić information content (AvgIpc) is 3.17. The number of carbonyl (C=O) groups is 1. The number of likely N-dealkylation sites (tertiary alicyclic amines) is 1. The first-order chi connectivity index (χ1) is 11.8. The van der Waals surface area contributed by atoms with Gasteiger partial charge >= 0.3 is 0 Å². The van der Waals surface area contributed by atoms with E-state index in [0.29, 0.717) is 19.8 Å². The summed E-state index contributed by atoms with van der Waals surface area (Å²) >= 11 is 0. The van der Waals surface area contributed by atoms with Gasteiger partial charge in [-0.2, -0.15) is 0 Å². The summed E-state index contributed by atoms with van der Waals surface area (Å²) in [4.78, 5) is 14.9. The van der Waals surface area contributed by atoms with E-state index in [2.05, 4.69) is 22.3 Å². The van der Waals surface area contributed by atoms with E-state index in [1.807, 2.05) is 12.1 Å². The largest absolute Gasteiger partial charge is 0.497 e. The Morgan fingerprint density at radius 3 is 2.79 bits per heavy atom. The molecule has 1 atom stereocenters. The average molecular weight is 332 g/mol. The summed E-state index contributed by atoms with van der Waals surface area (Å²) in [6, 6.07) is 8.42. The van der Waals surface area contributed by atoms with Crippen LogP contribution in [0, 0.1) is 5.92 Å². The minimum Gasteiger partial charge on any atom is -0.497 e. The fraction of sp³-hybridized carbons (Fsp3) is 0.632. The molecule has 2 aliphatic rings. The molecular formula is C19H28N2O3. The number of hydrogen-bond acceptors (Lipinski definition) is 4. The van der Waals surface area contributed by atoms with E-state index in [-0.39, 0.29) is 17.9 Å². The van der Waals surface area contributed by atoms with Gasteiger partial charge in [0.15, 0.2) is 0 Å². The topological polar surface area (TPSA) is 50.8 Å². The van der Waals surface area contributed by atoms with Gasteiger partial charge in [-0.3, -0.25) is 9.69 Å². The van der Waals surface area contributed by atoms with E-state index < -0.39 is 0 Å². The lowest BCUT2D eigenvalue weighted by atomic mass is 9.99. The second-order valence-corrected chi connectivity index (χ2v) is 6.67. The second kappa shape index (κ2) is 8.49. The molecule has 1 unspecified atom stereocenters. The normalized spacial score (nSPS) is 20.7. The van der Waals surface area contributed by atoms with Crippen LogP contribution in [0.2, 0.25) is 0 Å². The molecule has 2 saturated heterocycles. The Morgan fingerprint density at radius 2 is 2.08 bits per heavy atom. The quantitative estimate of drug-likeness (QED) is 0.869. The van der Waals surface area contributed by atoms with Gasteiger partial charge < -0.3 is 14.8 Å². The Hall–Kier alpha value is -1.59. The maximum atomic E-state index is 12.5. The van der Waals surface area contributed by atoms with Crippen LogP contribution < -0.4 is 10.1 Å². The van der Waals surface area contributed by atoms with Crippen LogP contribution in [0.1, 0.15) is 37.3 Å². The van der Waals surface area contributed by atoms with E-state index in [0.717, 1.165) is 31.7 Å². The van der Waals surface area contributed by atoms with Crippen LogP contribution in [-0.4, -0.2) is 50.8 Å². The summed E-state index contributed by atoms with van der Waals surface area (Å²) in [6.45, 7) is 4.24. The van der Waals surface area contributed by atoms with E-state index in [1.165, 1.54) is 18.4 Å². The zero-order valence-electron chi connectivity index (χ0n) is 14.5. The minimum absolute atomic E-state index is 0.100. The fourth-order valence-corrected chi connectivity index (χ4v) is 3.66. The monoisotopic (exact) mass is 332 g/mol. The Balaban J connectivity index is 1.66. The number of amides is 1. The van der Waals surface area contributed by atoms with E-state index in [1.54, 1.807) is 7.11 Å². The second-order valence-electron chi connectivity index (χ2n) is 6.67. The number of carbonyl (C=O) groups excluding carboxylic acids is 1. The molecule has 2 fully saturated rings. The molecule has 0 spiro atoms. The highest BCUT2D eigenvalue weighted by Gasteiger charge is 2.26. The maximum absolute atomic E-state index is 12.5. The van der Waals surface area contributed by atoms with Crippen LogP contribution >= 0.6 is 0 Å². The van der Waals surface area contributed by atoms with Crippen LogP contribution in [-0.2, 0) is 9.53 Å². The van der Waals surface area contributed by atoms with Crippen LogP contribution in [0.15, 0.2) is 24.3 Å². The van der Waals surface area contributed by atoms with Crippen molar-refractivity contribution in [2.75, 3.05) is 40.0 Å². The third-order valence-electron chi connectivity index (χ3n) is 5.12. The van der Waals surface area contributed by atoms with Gasteiger partial charge in [0.1, 0.15) is 5.75 Å². The van der Waals surface area contributed by atoms with Crippen molar-refractivity contribution in [1.82, 2.24) is 10.2 Å². The van der Waals surface area contributed by atoms with Gasteiger partial charge in [-0.05, 0) is 56.5 Å². The number of nitrogens with zero attached hydrogens (tertiary/aromatic N) is 1. The fourth-order valence-electron chi connectivity index (χ4n) is 3.66. The number of rotatable bonds is 6. The SMILES string of the molecule is COc1cccc(C(CNC(=O)C2CCOCC2)N2CCCC2)c1. The molecular weight excluding hydrogens is 304 g/mol. The predicted octanol–water partition coefficient (Wildman–Crippen LogP) is 2.37. The van der Waals surface area contributed by atoms with E-state index >= 15 is 0 Å². The number of ether oxygens (including phenoxy) is 2. The van der Waals surface area contributed by atoms with Gasteiger partial charge in [-0.15, -0.1) is 0 Å². The summed E-state index contributed by atoms with van der Waals surface area (Å²) in [5.41, 5.74) is 1.21. The van der Waals surface area contributed by atoms with Crippen molar-refractivity contribution < 1.29 is 14.3 Å². The van der Waals surface area contributed by atoms with Crippen molar-refractivity contribution in [3.8, 4) is 5.75 Å². The zero-order valence-corrected chi connectivity index (χ0v) is 14.5. The van der Waals surface area contributed by atoms with Crippen molar-refractivity contribution in [2.45, 2.75) is 31.7 Å². The van der Waals surface area contributed by atoms with Gasteiger partial charge in [0, 0.05) is 25.7 Å². The number of methoxy groups -OCH3 is 1. The van der Waals surface area contributed by atoms with E-state index in [9.17, 15) is 4.79 Å². The van der Waals surface area contributed by atoms with Gasteiger partial charge in [0.2, 0.25) is 5.91 Å². The molecule has 5 nitrogen and oxygen atoms in total. The molecule has 132 valence electrons. The first-order valence-electron chi connectivity index (χ1n) is 9.01. The third-order valence-corrected chi connectivity index (χ3v) is 5.12. The Morgan fingerprint density at radius 1 is 1.33 bits per heavy atom. The highest BCUT2D eigenvalue weighted by atomic mass is 16.5. The molecule has 0 aliphatic carbocycles. The van der Waals surface area contributed by atoms with Crippen LogP contribution in [0.5, 0.6) is 5.75 Å². The molecule has 5 heteroatoms. The summed E-state index contributed by atoms with van der Waals surface area (Å²) in [5.74, 6) is 1.14. The molecule has 1 N–H and O–H groups in total. The predicted molar refractivity (Wildman–Crippen MR) is 93.1 cm³/mol. The summed E-state index contributed by atoms with van der Waals surface area (Å²) < 4.78 is 10.7. The Labute approximate surface area is 144 Å². The van der Waals surface area contributed by atoms with Crippen LogP contribution in [0.25, 0.3) is 0 Å². The minimum atomic E-state index is 0.100. The van der Waals surface area contributed by atoms with Gasteiger partial charge in [-0.1, -0.05) is 12.1 Å². The van der Waals surface area contributed by atoms with Crippen molar-refractivity contribution in [3.63, 3.8) is 0 Å². The summed E-state index contributed by atoms with van der Waals surface area (Å²) in [6.07, 6.45) is 4.13.